The van der Waals surface area contributed by atoms with Crippen LogP contribution in [0.2, 0.25) is 0 Å². The van der Waals surface area contributed by atoms with Gasteiger partial charge in [-0.1, -0.05) is 0 Å². The first kappa shape index (κ1) is 12.8. The highest BCUT2D eigenvalue weighted by molar-refractivity contribution is 5.92. The Bertz CT molecular complexity index is 384. The summed E-state index contributed by atoms with van der Waals surface area (Å²) in [4.78, 5) is 35.8. The zero-order valence-corrected chi connectivity index (χ0v) is 10.3. The van der Waals surface area contributed by atoms with Crippen LogP contribution < -0.4 is 5.73 Å². The van der Waals surface area contributed by atoms with Crippen LogP contribution in [0.3, 0.4) is 0 Å². The molecule has 7 nitrogen and oxygen atoms in total. The summed E-state index contributed by atoms with van der Waals surface area (Å²) in [6.07, 6.45) is 1.72. The minimum atomic E-state index is -0.732. The van der Waals surface area contributed by atoms with Gasteiger partial charge in [-0.3, -0.25) is 14.6 Å². The van der Waals surface area contributed by atoms with Crippen molar-refractivity contribution in [3.63, 3.8) is 0 Å². The molecular weight excluding hydrogens is 238 g/mol. The Labute approximate surface area is 105 Å². The molecule has 0 aromatic carbocycles. The number of hydrazine groups is 1. The van der Waals surface area contributed by atoms with Crippen molar-refractivity contribution < 1.29 is 19.1 Å². The molecule has 2 aliphatic heterocycles. The zero-order valence-electron chi connectivity index (χ0n) is 10.3. The molecule has 2 atom stereocenters. The van der Waals surface area contributed by atoms with E-state index in [4.69, 9.17) is 5.73 Å². The molecule has 2 amide bonds. The molecule has 0 aromatic rings. The van der Waals surface area contributed by atoms with Crippen LogP contribution in [0.4, 0.5) is 0 Å². The largest absolute Gasteiger partial charge is 0.467 e. The molecule has 0 aromatic heterocycles. The number of hydrogen-bond donors (Lipinski definition) is 1. The first-order valence-corrected chi connectivity index (χ1v) is 6.03. The van der Waals surface area contributed by atoms with E-state index < -0.39 is 18.1 Å². The monoisotopic (exact) mass is 255 g/mol. The number of nitrogens with zero attached hydrogens (tertiary/aromatic N) is 2. The number of fused-ring (bicyclic) bond motifs is 1. The molecule has 2 fully saturated rings. The van der Waals surface area contributed by atoms with Crippen molar-refractivity contribution in [2.75, 3.05) is 13.7 Å². The van der Waals surface area contributed by atoms with Gasteiger partial charge in [0.1, 0.15) is 0 Å². The smallest absolute Gasteiger partial charge is 0.330 e. The second kappa shape index (κ2) is 4.93. The van der Waals surface area contributed by atoms with Gasteiger partial charge >= 0.3 is 5.97 Å². The van der Waals surface area contributed by atoms with Gasteiger partial charge < -0.3 is 10.5 Å². The molecule has 7 heteroatoms. The van der Waals surface area contributed by atoms with E-state index in [0.717, 1.165) is 0 Å². The lowest BCUT2D eigenvalue weighted by Crippen LogP contribution is -2.61. The predicted octanol–water partition coefficient (Wildman–Crippen LogP) is -0.985. The number of amides is 2. The standard InChI is InChI=1S/C11H17N3O4/c1-18-11(17)8-3-2-6-13-9(15)5-4-7(12)10(16)14(8)13/h7-8H,2-6,12H2,1H3/t7?,8-/m0/s1. The molecule has 2 rings (SSSR count). The molecule has 0 bridgehead atoms. The van der Waals surface area contributed by atoms with E-state index >= 15 is 0 Å². The quantitative estimate of drug-likeness (QED) is 0.608. The number of nitrogens with two attached hydrogens (primary N) is 1. The molecular formula is C11H17N3O4. The SMILES string of the molecule is COC(=O)[C@@H]1CCCN2C(=O)CCC(N)C(=O)N12. The highest BCUT2D eigenvalue weighted by Gasteiger charge is 2.43. The van der Waals surface area contributed by atoms with E-state index in [0.29, 0.717) is 25.8 Å². The fourth-order valence-corrected chi connectivity index (χ4v) is 2.41. The van der Waals surface area contributed by atoms with E-state index in [9.17, 15) is 14.4 Å². The van der Waals surface area contributed by atoms with Gasteiger partial charge in [0, 0.05) is 13.0 Å². The van der Waals surface area contributed by atoms with Crippen molar-refractivity contribution in [1.82, 2.24) is 10.0 Å². The Morgan fingerprint density at radius 3 is 2.78 bits per heavy atom. The number of methoxy groups -OCH3 is 1. The molecule has 2 N–H and O–H groups in total. The molecule has 2 aliphatic rings. The van der Waals surface area contributed by atoms with Crippen LogP contribution in [0, 0.1) is 0 Å². The summed E-state index contributed by atoms with van der Waals surface area (Å²) in [5.74, 6) is -1.05. The summed E-state index contributed by atoms with van der Waals surface area (Å²) < 4.78 is 4.69. The van der Waals surface area contributed by atoms with Crippen molar-refractivity contribution in [3.05, 3.63) is 0 Å². The molecule has 1 unspecified atom stereocenters. The zero-order chi connectivity index (χ0) is 13.3. The van der Waals surface area contributed by atoms with Crippen molar-refractivity contribution in [2.45, 2.75) is 37.8 Å². The topological polar surface area (TPSA) is 92.9 Å². The van der Waals surface area contributed by atoms with E-state index in [1.807, 2.05) is 0 Å². The summed E-state index contributed by atoms with van der Waals surface area (Å²) in [6.45, 7) is 0.449. The fourth-order valence-electron chi connectivity index (χ4n) is 2.41. The first-order valence-electron chi connectivity index (χ1n) is 6.03. The molecule has 0 aliphatic carbocycles. The van der Waals surface area contributed by atoms with Crippen LogP contribution in [0.5, 0.6) is 0 Å². The second-order valence-corrected chi connectivity index (χ2v) is 4.53. The number of rotatable bonds is 1. The van der Waals surface area contributed by atoms with Gasteiger partial charge in [-0.2, -0.15) is 0 Å². The Balaban J connectivity index is 2.32. The van der Waals surface area contributed by atoms with E-state index in [1.54, 1.807) is 0 Å². The molecule has 2 heterocycles. The maximum atomic E-state index is 12.2. The average molecular weight is 255 g/mol. The predicted molar refractivity (Wildman–Crippen MR) is 60.8 cm³/mol. The third kappa shape index (κ3) is 2.05. The van der Waals surface area contributed by atoms with Crippen LogP contribution >= 0.6 is 0 Å². The fraction of sp³-hybridized carbons (Fsp3) is 0.727. The van der Waals surface area contributed by atoms with E-state index in [2.05, 4.69) is 4.74 Å². The maximum absolute atomic E-state index is 12.2. The minimum absolute atomic E-state index is 0.162. The molecule has 2 saturated heterocycles. The van der Waals surface area contributed by atoms with E-state index in [1.165, 1.54) is 17.1 Å². The third-order valence-electron chi connectivity index (χ3n) is 3.38. The minimum Gasteiger partial charge on any atom is -0.467 e. The van der Waals surface area contributed by atoms with Gasteiger partial charge in [-0.05, 0) is 19.3 Å². The van der Waals surface area contributed by atoms with Gasteiger partial charge in [-0.25, -0.2) is 9.80 Å². The molecule has 0 radical (unpaired) electrons. The van der Waals surface area contributed by atoms with Gasteiger partial charge in [0.25, 0.3) is 5.91 Å². The lowest BCUT2D eigenvalue weighted by molar-refractivity contribution is -0.181. The highest BCUT2D eigenvalue weighted by atomic mass is 16.5. The van der Waals surface area contributed by atoms with Crippen molar-refractivity contribution in [2.24, 2.45) is 5.73 Å². The number of carbonyl (C=O) groups excluding carboxylic acids is 3. The Morgan fingerprint density at radius 2 is 2.11 bits per heavy atom. The summed E-state index contributed by atoms with van der Waals surface area (Å²) in [5.41, 5.74) is 5.73. The first-order chi connectivity index (χ1) is 8.56. The van der Waals surface area contributed by atoms with E-state index in [-0.39, 0.29) is 18.2 Å². The van der Waals surface area contributed by atoms with Crippen LogP contribution in [0.1, 0.15) is 25.7 Å². The number of esters is 1. The van der Waals surface area contributed by atoms with Crippen molar-refractivity contribution in [3.8, 4) is 0 Å². The molecule has 0 spiro atoms. The molecule has 18 heavy (non-hydrogen) atoms. The average Bonchev–Trinajstić information content (AvgIpc) is 2.50. The van der Waals surface area contributed by atoms with Crippen LogP contribution in [-0.4, -0.2) is 53.5 Å². The highest BCUT2D eigenvalue weighted by Crippen LogP contribution is 2.24. The van der Waals surface area contributed by atoms with Crippen LogP contribution in [0.25, 0.3) is 0 Å². The number of hydrogen-bond acceptors (Lipinski definition) is 5. The molecule has 100 valence electrons. The van der Waals surface area contributed by atoms with Crippen LogP contribution in [-0.2, 0) is 19.1 Å². The van der Waals surface area contributed by atoms with Crippen LogP contribution in [0.15, 0.2) is 0 Å². The third-order valence-corrected chi connectivity index (χ3v) is 3.38. The van der Waals surface area contributed by atoms with Gasteiger partial charge in [0.2, 0.25) is 5.91 Å². The summed E-state index contributed by atoms with van der Waals surface area (Å²) >= 11 is 0. The Kier molecular flexibility index (Phi) is 3.51. The van der Waals surface area contributed by atoms with Gasteiger partial charge in [0.05, 0.1) is 13.2 Å². The maximum Gasteiger partial charge on any atom is 0.330 e. The second-order valence-electron chi connectivity index (χ2n) is 4.53. The Morgan fingerprint density at radius 1 is 1.39 bits per heavy atom. The number of ether oxygens (including phenoxy) is 1. The van der Waals surface area contributed by atoms with Gasteiger partial charge in [-0.15, -0.1) is 0 Å². The lowest BCUT2D eigenvalue weighted by Gasteiger charge is -2.42. The summed E-state index contributed by atoms with van der Waals surface area (Å²) in [5, 5.41) is 2.55. The van der Waals surface area contributed by atoms with Crippen molar-refractivity contribution >= 4 is 17.8 Å². The normalized spacial score (nSPS) is 28.8. The summed E-state index contributed by atoms with van der Waals surface area (Å²) in [6, 6.07) is -1.46. The summed E-state index contributed by atoms with van der Waals surface area (Å²) in [7, 11) is 1.27. The Hall–Kier alpha value is -1.63. The van der Waals surface area contributed by atoms with Crippen molar-refractivity contribution in [1.29, 1.82) is 0 Å². The molecule has 0 saturated carbocycles. The lowest BCUT2D eigenvalue weighted by atomic mass is 10.1. The number of carbonyl (C=O) groups is 3. The van der Waals surface area contributed by atoms with Gasteiger partial charge in [0.15, 0.2) is 6.04 Å².